The Morgan fingerprint density at radius 3 is 2.67 bits per heavy atom. The number of amides is 2. The number of carbonyl (C=O) groups excluding carboxylic acids is 1. The number of anilines is 1. The minimum atomic E-state index is -3.74. The van der Waals surface area contributed by atoms with Crippen LogP contribution in [-0.2, 0) is 21.3 Å². The molecule has 1 aliphatic carbocycles. The lowest BCUT2D eigenvalue weighted by Crippen LogP contribution is -2.48. The zero-order valence-electron chi connectivity index (χ0n) is 16.5. The Morgan fingerprint density at radius 2 is 2.00 bits per heavy atom. The van der Waals surface area contributed by atoms with Crippen molar-refractivity contribution in [3.8, 4) is 0 Å². The monoisotopic (exact) mass is 452 g/mol. The Morgan fingerprint density at radius 1 is 1.23 bits per heavy atom. The fourth-order valence-electron chi connectivity index (χ4n) is 3.34. The number of benzene rings is 1. The molecule has 162 valence electrons. The Labute approximate surface area is 181 Å². The van der Waals surface area contributed by atoms with Crippen LogP contribution in [0.5, 0.6) is 0 Å². The van der Waals surface area contributed by atoms with Crippen molar-refractivity contribution < 1.29 is 17.9 Å². The van der Waals surface area contributed by atoms with E-state index in [0.29, 0.717) is 25.1 Å². The van der Waals surface area contributed by atoms with Crippen LogP contribution in [0.3, 0.4) is 0 Å². The number of nitrogens with one attached hydrogen (secondary N) is 3. The number of urea groups is 1. The summed E-state index contributed by atoms with van der Waals surface area (Å²) < 4.78 is 33.6. The number of rotatable bonds is 7. The molecular weight excluding hydrogens is 428 g/mol. The highest BCUT2D eigenvalue weighted by Crippen LogP contribution is 2.26. The number of ether oxygens (including phenoxy) is 1. The van der Waals surface area contributed by atoms with Crippen LogP contribution in [0.4, 0.5) is 10.5 Å². The lowest BCUT2D eigenvalue weighted by Gasteiger charge is -2.33. The van der Waals surface area contributed by atoms with Gasteiger partial charge in [-0.15, -0.1) is 11.6 Å². The molecule has 3 unspecified atom stereocenters. The van der Waals surface area contributed by atoms with Crippen molar-refractivity contribution in [1.82, 2.24) is 15.0 Å². The average Bonchev–Trinajstić information content (AvgIpc) is 2.73. The molecule has 0 saturated heterocycles. The van der Waals surface area contributed by atoms with Crippen molar-refractivity contribution in [1.29, 1.82) is 0 Å². The van der Waals surface area contributed by atoms with E-state index in [4.69, 9.17) is 16.3 Å². The van der Waals surface area contributed by atoms with Gasteiger partial charge >= 0.3 is 6.03 Å². The third-order valence-corrected chi connectivity index (χ3v) is 6.83. The van der Waals surface area contributed by atoms with E-state index in [0.717, 1.165) is 12.0 Å². The van der Waals surface area contributed by atoms with Gasteiger partial charge in [0.2, 0.25) is 10.0 Å². The predicted molar refractivity (Wildman–Crippen MR) is 115 cm³/mol. The zero-order valence-corrected chi connectivity index (χ0v) is 18.1. The molecule has 0 radical (unpaired) electrons. The summed E-state index contributed by atoms with van der Waals surface area (Å²) in [4.78, 5) is 16.1. The molecule has 3 rings (SSSR count). The second-order valence-electron chi connectivity index (χ2n) is 7.11. The van der Waals surface area contributed by atoms with Crippen LogP contribution < -0.4 is 15.4 Å². The number of nitrogens with zero attached hydrogens (tertiary/aromatic N) is 1. The van der Waals surface area contributed by atoms with Crippen LogP contribution in [0.15, 0.2) is 53.7 Å². The Kier molecular flexibility index (Phi) is 7.65. The largest absolute Gasteiger partial charge is 0.380 e. The fraction of sp³-hybridized carbons (Fsp3) is 0.400. The molecule has 0 spiro atoms. The van der Waals surface area contributed by atoms with Gasteiger partial charge in [-0.2, -0.15) is 0 Å². The summed E-state index contributed by atoms with van der Waals surface area (Å²) in [6.07, 6.45) is 5.12. The first-order valence-corrected chi connectivity index (χ1v) is 11.5. The van der Waals surface area contributed by atoms with Crippen LogP contribution in [0.1, 0.15) is 24.8 Å². The Bertz CT molecular complexity index is 941. The van der Waals surface area contributed by atoms with Crippen molar-refractivity contribution in [2.24, 2.45) is 0 Å². The molecule has 10 heteroatoms. The van der Waals surface area contributed by atoms with Crippen molar-refractivity contribution >= 4 is 33.3 Å². The van der Waals surface area contributed by atoms with E-state index < -0.39 is 16.1 Å². The van der Waals surface area contributed by atoms with Gasteiger partial charge < -0.3 is 15.4 Å². The second-order valence-corrected chi connectivity index (χ2v) is 9.44. The van der Waals surface area contributed by atoms with E-state index in [1.807, 2.05) is 6.07 Å². The number of alkyl halides is 1. The highest BCUT2D eigenvalue weighted by Gasteiger charge is 2.33. The first-order chi connectivity index (χ1) is 14.4. The predicted octanol–water partition coefficient (Wildman–Crippen LogP) is 2.86. The lowest BCUT2D eigenvalue weighted by molar-refractivity contribution is 0.0503. The number of halogens is 1. The summed E-state index contributed by atoms with van der Waals surface area (Å²) in [5.74, 6) is 0. The van der Waals surface area contributed by atoms with Crippen molar-refractivity contribution in [2.75, 3.05) is 12.4 Å². The summed E-state index contributed by atoms with van der Waals surface area (Å²) >= 11 is 6.20. The number of aromatic nitrogens is 1. The van der Waals surface area contributed by atoms with E-state index in [-0.39, 0.29) is 22.4 Å². The summed E-state index contributed by atoms with van der Waals surface area (Å²) in [6, 6.07) is 8.83. The van der Waals surface area contributed by atoms with Gasteiger partial charge in [-0.25, -0.2) is 17.9 Å². The minimum Gasteiger partial charge on any atom is -0.380 e. The van der Waals surface area contributed by atoms with Crippen LogP contribution in [0, 0.1) is 0 Å². The summed E-state index contributed by atoms with van der Waals surface area (Å²) in [5, 5.41) is 5.30. The normalized spacial score (nSPS) is 21.7. The maximum atomic E-state index is 12.7. The molecule has 0 bridgehead atoms. The maximum Gasteiger partial charge on any atom is 0.319 e. The number of hydrogen-bond acceptors (Lipinski definition) is 5. The SMILES string of the molecule is COC1CCC(Cl)CC1NS(=O)(=O)c1ccc(NC(=O)NCc2cccnc2)cc1. The van der Waals surface area contributed by atoms with Crippen molar-refractivity contribution in [2.45, 2.75) is 48.2 Å². The molecule has 2 amide bonds. The maximum absolute atomic E-state index is 12.7. The van der Waals surface area contributed by atoms with Crippen molar-refractivity contribution in [3.63, 3.8) is 0 Å². The van der Waals surface area contributed by atoms with Crippen LogP contribution in [0.2, 0.25) is 0 Å². The molecule has 1 aliphatic rings. The smallest absolute Gasteiger partial charge is 0.319 e. The quantitative estimate of drug-likeness (QED) is 0.559. The van der Waals surface area contributed by atoms with Gasteiger partial charge in [0.05, 0.1) is 11.0 Å². The van der Waals surface area contributed by atoms with E-state index in [9.17, 15) is 13.2 Å². The standard InChI is InChI=1S/C20H25ClN4O4S/c1-29-19-9-4-15(21)11-18(19)25-30(27,28)17-7-5-16(6-8-17)24-20(26)23-13-14-3-2-10-22-12-14/h2-3,5-8,10,12,15,18-19,25H,4,9,11,13H2,1H3,(H2,23,24,26). The van der Waals surface area contributed by atoms with Crippen LogP contribution in [-0.4, -0.2) is 44.1 Å². The van der Waals surface area contributed by atoms with Gasteiger partial charge in [-0.05, 0) is 55.2 Å². The Hall–Kier alpha value is -2.20. The molecule has 1 aromatic heterocycles. The number of pyridine rings is 1. The second kappa shape index (κ2) is 10.2. The van der Waals surface area contributed by atoms with Gasteiger partial charge in [0.25, 0.3) is 0 Å². The molecule has 2 aromatic rings. The number of sulfonamides is 1. The lowest BCUT2D eigenvalue weighted by atomic mass is 9.93. The first kappa shape index (κ1) is 22.5. The molecule has 1 heterocycles. The minimum absolute atomic E-state index is 0.0825. The molecule has 1 fully saturated rings. The van der Waals surface area contributed by atoms with Gasteiger partial charge in [-0.3, -0.25) is 4.98 Å². The summed E-state index contributed by atoms with van der Waals surface area (Å²) in [6.45, 7) is 0.333. The third kappa shape index (κ3) is 6.15. The molecule has 0 aliphatic heterocycles. The first-order valence-electron chi connectivity index (χ1n) is 9.60. The van der Waals surface area contributed by atoms with E-state index in [1.165, 1.54) is 24.3 Å². The molecular formula is C20H25ClN4O4S. The Balaban J connectivity index is 1.57. The third-order valence-electron chi connectivity index (χ3n) is 4.93. The highest BCUT2D eigenvalue weighted by molar-refractivity contribution is 7.89. The molecule has 8 nitrogen and oxygen atoms in total. The summed E-state index contributed by atoms with van der Waals surface area (Å²) in [5.41, 5.74) is 1.35. The molecule has 3 N–H and O–H groups in total. The van der Waals surface area contributed by atoms with E-state index >= 15 is 0 Å². The zero-order chi connectivity index (χ0) is 21.6. The van der Waals surface area contributed by atoms with Gasteiger partial charge in [0.15, 0.2) is 0 Å². The van der Waals surface area contributed by atoms with Crippen molar-refractivity contribution in [3.05, 3.63) is 54.4 Å². The van der Waals surface area contributed by atoms with Crippen LogP contribution >= 0.6 is 11.6 Å². The fourth-order valence-corrected chi connectivity index (χ4v) is 4.94. The number of carbonyl (C=O) groups is 1. The van der Waals surface area contributed by atoms with E-state index in [1.54, 1.807) is 25.6 Å². The van der Waals surface area contributed by atoms with Gasteiger partial charge in [-0.1, -0.05) is 6.07 Å². The molecule has 1 saturated carbocycles. The molecule has 3 atom stereocenters. The highest BCUT2D eigenvalue weighted by atomic mass is 35.5. The topological polar surface area (TPSA) is 109 Å². The number of hydrogen-bond donors (Lipinski definition) is 3. The molecule has 1 aromatic carbocycles. The molecule has 30 heavy (non-hydrogen) atoms. The summed E-state index contributed by atoms with van der Waals surface area (Å²) in [7, 11) is -2.17. The number of methoxy groups -OCH3 is 1. The van der Waals surface area contributed by atoms with E-state index in [2.05, 4.69) is 20.3 Å². The van der Waals surface area contributed by atoms with Gasteiger partial charge in [0.1, 0.15) is 0 Å². The van der Waals surface area contributed by atoms with Gasteiger partial charge in [0, 0.05) is 43.2 Å². The van der Waals surface area contributed by atoms with Crippen LogP contribution in [0.25, 0.3) is 0 Å². The average molecular weight is 453 g/mol.